The van der Waals surface area contributed by atoms with Gasteiger partial charge in [-0.3, -0.25) is 4.79 Å². The third-order valence-electron chi connectivity index (χ3n) is 3.47. The van der Waals surface area contributed by atoms with Crippen LogP contribution in [0.25, 0.3) is 11.0 Å². The van der Waals surface area contributed by atoms with E-state index >= 15 is 0 Å². The number of fused-ring (bicyclic) bond motifs is 1. The Morgan fingerprint density at radius 1 is 1.30 bits per heavy atom. The molecule has 0 aliphatic rings. The van der Waals surface area contributed by atoms with E-state index in [1.807, 2.05) is 35.0 Å². The molecule has 23 heavy (non-hydrogen) atoms. The van der Waals surface area contributed by atoms with Gasteiger partial charge in [0.2, 0.25) is 0 Å². The molecular weight excluding hydrogens is 292 g/mol. The van der Waals surface area contributed by atoms with Gasteiger partial charge in [-0.1, -0.05) is 30.3 Å². The van der Waals surface area contributed by atoms with E-state index in [2.05, 4.69) is 15.4 Å². The van der Waals surface area contributed by atoms with Gasteiger partial charge in [0.15, 0.2) is 5.65 Å². The molecule has 0 spiro atoms. The summed E-state index contributed by atoms with van der Waals surface area (Å²) in [4.78, 5) is 16.4. The van der Waals surface area contributed by atoms with Gasteiger partial charge in [-0.2, -0.15) is 5.10 Å². The maximum atomic E-state index is 12.0. The number of nitrogens with one attached hydrogen (secondary N) is 1. The van der Waals surface area contributed by atoms with E-state index in [9.17, 15) is 9.90 Å². The van der Waals surface area contributed by atoms with Crippen molar-refractivity contribution in [2.75, 3.05) is 6.54 Å². The number of hydrogen-bond donors (Lipinski definition) is 2. The standard InChI is InChI=1S/C17H18N4O2/c1-12(22)8-19-17(23)15-7-14-10-20-21(16(14)18-9-15)11-13-5-3-2-4-6-13/h2-7,9-10,12,22H,8,11H2,1H3,(H,19,23). The lowest BCUT2D eigenvalue weighted by atomic mass is 10.2. The van der Waals surface area contributed by atoms with Crippen LogP contribution in [-0.4, -0.2) is 38.4 Å². The van der Waals surface area contributed by atoms with Gasteiger partial charge in [-0.05, 0) is 18.6 Å². The van der Waals surface area contributed by atoms with Crippen LogP contribution in [0.4, 0.5) is 0 Å². The van der Waals surface area contributed by atoms with Crippen LogP contribution in [-0.2, 0) is 6.54 Å². The van der Waals surface area contributed by atoms with Crippen LogP contribution in [0.3, 0.4) is 0 Å². The lowest BCUT2D eigenvalue weighted by molar-refractivity contribution is 0.0924. The number of nitrogens with zero attached hydrogens (tertiary/aromatic N) is 3. The van der Waals surface area contributed by atoms with Gasteiger partial charge in [-0.15, -0.1) is 0 Å². The molecule has 1 aromatic carbocycles. The zero-order valence-corrected chi connectivity index (χ0v) is 12.8. The summed E-state index contributed by atoms with van der Waals surface area (Å²) < 4.78 is 1.81. The van der Waals surface area contributed by atoms with Crippen molar-refractivity contribution in [2.45, 2.75) is 19.6 Å². The van der Waals surface area contributed by atoms with Crippen LogP contribution in [0.2, 0.25) is 0 Å². The van der Waals surface area contributed by atoms with E-state index in [1.54, 1.807) is 19.2 Å². The number of pyridine rings is 1. The highest BCUT2D eigenvalue weighted by atomic mass is 16.3. The number of rotatable bonds is 5. The van der Waals surface area contributed by atoms with E-state index < -0.39 is 6.10 Å². The number of aliphatic hydroxyl groups is 1. The van der Waals surface area contributed by atoms with Crippen molar-refractivity contribution in [2.24, 2.45) is 0 Å². The number of benzene rings is 1. The molecule has 1 atom stereocenters. The number of aliphatic hydroxyl groups excluding tert-OH is 1. The van der Waals surface area contributed by atoms with E-state index in [0.717, 1.165) is 16.6 Å². The molecular formula is C17H18N4O2. The van der Waals surface area contributed by atoms with Crippen molar-refractivity contribution in [1.29, 1.82) is 0 Å². The summed E-state index contributed by atoms with van der Waals surface area (Å²) in [6.07, 6.45) is 2.66. The largest absolute Gasteiger partial charge is 0.392 e. The number of aromatic nitrogens is 3. The first-order valence-corrected chi connectivity index (χ1v) is 7.45. The fourth-order valence-electron chi connectivity index (χ4n) is 2.31. The van der Waals surface area contributed by atoms with Gasteiger partial charge in [0, 0.05) is 18.1 Å². The van der Waals surface area contributed by atoms with Crippen molar-refractivity contribution >= 4 is 16.9 Å². The Bertz CT molecular complexity index is 812. The van der Waals surface area contributed by atoms with Gasteiger partial charge >= 0.3 is 0 Å². The van der Waals surface area contributed by atoms with Gasteiger partial charge in [-0.25, -0.2) is 9.67 Å². The third kappa shape index (κ3) is 3.54. The van der Waals surface area contributed by atoms with Crippen molar-refractivity contribution in [3.8, 4) is 0 Å². The topological polar surface area (TPSA) is 80.0 Å². The minimum atomic E-state index is -0.579. The third-order valence-corrected chi connectivity index (χ3v) is 3.47. The first-order chi connectivity index (χ1) is 11.1. The molecule has 2 N–H and O–H groups in total. The maximum absolute atomic E-state index is 12.0. The molecule has 3 aromatic rings. The summed E-state index contributed by atoms with van der Waals surface area (Å²) in [5, 5.41) is 17.0. The van der Waals surface area contributed by atoms with Gasteiger partial charge < -0.3 is 10.4 Å². The fraction of sp³-hybridized carbons (Fsp3) is 0.235. The molecule has 0 aliphatic heterocycles. The molecule has 6 heteroatoms. The summed E-state index contributed by atoms with van der Waals surface area (Å²) in [6.45, 7) is 2.46. The second kappa shape index (κ2) is 6.58. The molecule has 0 radical (unpaired) electrons. The zero-order chi connectivity index (χ0) is 16.2. The molecule has 1 amide bonds. The average Bonchev–Trinajstić information content (AvgIpc) is 2.96. The van der Waals surface area contributed by atoms with Crippen molar-refractivity contribution in [1.82, 2.24) is 20.1 Å². The van der Waals surface area contributed by atoms with E-state index in [0.29, 0.717) is 12.1 Å². The summed E-state index contributed by atoms with van der Waals surface area (Å²) in [7, 11) is 0. The molecule has 0 saturated carbocycles. The van der Waals surface area contributed by atoms with E-state index in [4.69, 9.17) is 0 Å². The Balaban J connectivity index is 1.81. The van der Waals surface area contributed by atoms with Gasteiger partial charge in [0.25, 0.3) is 5.91 Å². The molecule has 6 nitrogen and oxygen atoms in total. The number of amides is 1. The highest BCUT2D eigenvalue weighted by Crippen LogP contribution is 2.14. The fourth-order valence-corrected chi connectivity index (χ4v) is 2.31. The van der Waals surface area contributed by atoms with Gasteiger partial charge in [0.1, 0.15) is 0 Å². The Labute approximate surface area is 133 Å². The van der Waals surface area contributed by atoms with Crippen LogP contribution in [0, 0.1) is 0 Å². The lowest BCUT2D eigenvalue weighted by Crippen LogP contribution is -2.30. The summed E-state index contributed by atoms with van der Waals surface area (Å²) in [5.74, 6) is -0.254. The van der Waals surface area contributed by atoms with Crippen LogP contribution in [0.5, 0.6) is 0 Å². The van der Waals surface area contributed by atoms with E-state index in [1.165, 1.54) is 6.20 Å². The SMILES string of the molecule is CC(O)CNC(=O)c1cnc2c(cnn2Cc2ccccc2)c1. The molecule has 0 saturated heterocycles. The van der Waals surface area contributed by atoms with Crippen LogP contribution in [0.15, 0.2) is 48.8 Å². The van der Waals surface area contributed by atoms with Crippen LogP contribution >= 0.6 is 0 Å². The van der Waals surface area contributed by atoms with Crippen molar-refractivity contribution in [3.63, 3.8) is 0 Å². The molecule has 0 fully saturated rings. The highest BCUT2D eigenvalue weighted by Gasteiger charge is 2.11. The molecule has 2 heterocycles. The first kappa shape index (κ1) is 15.2. The Morgan fingerprint density at radius 2 is 2.09 bits per heavy atom. The second-order valence-electron chi connectivity index (χ2n) is 5.48. The predicted octanol–water partition coefficient (Wildman–Crippen LogP) is 1.59. The summed E-state index contributed by atoms with van der Waals surface area (Å²) in [6, 6.07) is 11.8. The smallest absolute Gasteiger partial charge is 0.252 e. The predicted molar refractivity (Wildman–Crippen MR) is 87.1 cm³/mol. The maximum Gasteiger partial charge on any atom is 0.252 e. The molecule has 3 rings (SSSR count). The monoisotopic (exact) mass is 310 g/mol. The summed E-state index contributed by atoms with van der Waals surface area (Å²) in [5.41, 5.74) is 2.33. The quantitative estimate of drug-likeness (QED) is 0.750. The lowest BCUT2D eigenvalue weighted by Gasteiger charge is -2.07. The Kier molecular flexibility index (Phi) is 4.34. The second-order valence-corrected chi connectivity index (χ2v) is 5.48. The van der Waals surface area contributed by atoms with Crippen LogP contribution in [0.1, 0.15) is 22.8 Å². The molecule has 0 aliphatic carbocycles. The van der Waals surface area contributed by atoms with Crippen molar-refractivity contribution < 1.29 is 9.90 Å². The first-order valence-electron chi connectivity index (χ1n) is 7.45. The van der Waals surface area contributed by atoms with Gasteiger partial charge in [0.05, 0.1) is 24.4 Å². The number of hydrogen-bond acceptors (Lipinski definition) is 4. The normalized spacial score (nSPS) is 12.3. The number of carbonyl (C=O) groups is 1. The average molecular weight is 310 g/mol. The van der Waals surface area contributed by atoms with Crippen molar-refractivity contribution in [3.05, 3.63) is 59.9 Å². The molecule has 0 bridgehead atoms. The molecule has 118 valence electrons. The minimum Gasteiger partial charge on any atom is -0.392 e. The molecule has 1 unspecified atom stereocenters. The Morgan fingerprint density at radius 3 is 2.83 bits per heavy atom. The highest BCUT2D eigenvalue weighted by molar-refractivity contribution is 5.96. The van der Waals surface area contributed by atoms with Crippen LogP contribution < -0.4 is 5.32 Å². The summed E-state index contributed by atoms with van der Waals surface area (Å²) >= 11 is 0. The Hall–Kier alpha value is -2.73. The minimum absolute atomic E-state index is 0.212. The number of carbonyl (C=O) groups excluding carboxylic acids is 1. The zero-order valence-electron chi connectivity index (χ0n) is 12.8. The van der Waals surface area contributed by atoms with E-state index in [-0.39, 0.29) is 12.5 Å². The molecule has 2 aromatic heterocycles.